The summed E-state index contributed by atoms with van der Waals surface area (Å²) in [5.74, 6) is 0. The molecule has 1 unspecified atom stereocenters. The summed E-state index contributed by atoms with van der Waals surface area (Å²) >= 11 is 6.18. The minimum Gasteiger partial charge on any atom is -0.368 e. The molecular formula is C12H15NOS2. The molecule has 1 aromatic rings. The SMILES string of the molecule is CCC(C)NC(=S)SC(=O)c1ccccc1. The summed E-state index contributed by atoms with van der Waals surface area (Å²) in [7, 11) is 0. The Balaban J connectivity index is 2.49. The van der Waals surface area contributed by atoms with Crippen molar-refractivity contribution in [1.82, 2.24) is 5.32 Å². The van der Waals surface area contributed by atoms with Gasteiger partial charge in [-0.3, -0.25) is 4.79 Å². The van der Waals surface area contributed by atoms with Gasteiger partial charge in [0.1, 0.15) is 4.32 Å². The summed E-state index contributed by atoms with van der Waals surface area (Å²) in [5, 5.41) is 3.09. The van der Waals surface area contributed by atoms with E-state index in [-0.39, 0.29) is 5.12 Å². The molecule has 1 N–H and O–H groups in total. The molecule has 2 nitrogen and oxygen atoms in total. The highest BCUT2D eigenvalue weighted by Crippen LogP contribution is 2.13. The van der Waals surface area contributed by atoms with E-state index >= 15 is 0 Å². The van der Waals surface area contributed by atoms with Crippen LogP contribution in [0.4, 0.5) is 0 Å². The molecular weight excluding hydrogens is 238 g/mol. The van der Waals surface area contributed by atoms with Crippen LogP contribution in [0.1, 0.15) is 30.6 Å². The molecule has 0 spiro atoms. The van der Waals surface area contributed by atoms with E-state index in [1.807, 2.05) is 25.1 Å². The van der Waals surface area contributed by atoms with E-state index in [2.05, 4.69) is 12.2 Å². The van der Waals surface area contributed by atoms with E-state index in [1.165, 1.54) is 0 Å². The van der Waals surface area contributed by atoms with Crippen molar-refractivity contribution in [3.05, 3.63) is 35.9 Å². The molecule has 0 saturated heterocycles. The van der Waals surface area contributed by atoms with Crippen LogP contribution in [-0.2, 0) is 0 Å². The quantitative estimate of drug-likeness (QED) is 0.837. The highest BCUT2D eigenvalue weighted by atomic mass is 32.2. The first kappa shape index (κ1) is 13.2. The molecule has 0 aromatic heterocycles. The normalized spacial score (nSPS) is 11.9. The summed E-state index contributed by atoms with van der Waals surface area (Å²) in [6, 6.07) is 9.47. The summed E-state index contributed by atoms with van der Waals surface area (Å²) in [5.41, 5.74) is 0.681. The van der Waals surface area contributed by atoms with Gasteiger partial charge in [0.05, 0.1) is 0 Å². The minimum atomic E-state index is -0.0126. The number of rotatable bonds is 3. The van der Waals surface area contributed by atoms with Crippen molar-refractivity contribution in [3.8, 4) is 0 Å². The first-order valence-electron chi connectivity index (χ1n) is 5.21. The van der Waals surface area contributed by atoms with Crippen molar-refractivity contribution in [2.45, 2.75) is 26.3 Å². The number of hydrogen-bond donors (Lipinski definition) is 1. The van der Waals surface area contributed by atoms with Crippen LogP contribution in [0.3, 0.4) is 0 Å². The van der Waals surface area contributed by atoms with Crippen LogP contribution in [0.5, 0.6) is 0 Å². The average Bonchev–Trinajstić information content (AvgIpc) is 2.29. The lowest BCUT2D eigenvalue weighted by Gasteiger charge is -2.12. The second-order valence-electron chi connectivity index (χ2n) is 3.50. The Morgan fingerprint density at radius 1 is 1.44 bits per heavy atom. The van der Waals surface area contributed by atoms with Crippen LogP contribution in [0, 0.1) is 0 Å². The molecule has 0 aliphatic rings. The van der Waals surface area contributed by atoms with Crippen molar-refractivity contribution in [3.63, 3.8) is 0 Å². The molecule has 1 aromatic carbocycles. The lowest BCUT2D eigenvalue weighted by molar-refractivity contribution is 0.109. The van der Waals surface area contributed by atoms with E-state index in [0.29, 0.717) is 15.9 Å². The zero-order chi connectivity index (χ0) is 12.0. The van der Waals surface area contributed by atoms with Gasteiger partial charge in [-0.1, -0.05) is 49.5 Å². The first-order valence-corrected chi connectivity index (χ1v) is 6.43. The Morgan fingerprint density at radius 2 is 2.06 bits per heavy atom. The summed E-state index contributed by atoms with van der Waals surface area (Å²) in [6.45, 7) is 4.11. The van der Waals surface area contributed by atoms with E-state index in [1.54, 1.807) is 12.1 Å². The van der Waals surface area contributed by atoms with Gasteiger partial charge in [0.25, 0.3) is 0 Å². The highest BCUT2D eigenvalue weighted by Gasteiger charge is 2.10. The molecule has 0 fully saturated rings. The Labute approximate surface area is 106 Å². The van der Waals surface area contributed by atoms with Gasteiger partial charge in [-0.25, -0.2) is 0 Å². The van der Waals surface area contributed by atoms with Crippen LogP contribution in [0.2, 0.25) is 0 Å². The Bertz CT molecular complexity index is 365. The maximum atomic E-state index is 11.8. The predicted molar refractivity (Wildman–Crippen MR) is 73.9 cm³/mol. The van der Waals surface area contributed by atoms with Gasteiger partial charge in [-0.2, -0.15) is 0 Å². The van der Waals surface area contributed by atoms with Gasteiger partial charge in [-0.15, -0.1) is 0 Å². The third kappa shape index (κ3) is 4.33. The molecule has 1 rings (SSSR count). The second-order valence-corrected chi connectivity index (χ2v) is 5.15. The monoisotopic (exact) mass is 253 g/mol. The number of benzene rings is 1. The Morgan fingerprint density at radius 3 is 2.62 bits per heavy atom. The maximum absolute atomic E-state index is 11.8. The van der Waals surface area contributed by atoms with Crippen LogP contribution >= 0.6 is 24.0 Å². The fourth-order valence-electron chi connectivity index (χ4n) is 1.05. The predicted octanol–water partition coefficient (Wildman–Crippen LogP) is 3.23. The molecule has 0 radical (unpaired) electrons. The minimum absolute atomic E-state index is 0.0126. The molecule has 4 heteroatoms. The van der Waals surface area contributed by atoms with Crippen molar-refractivity contribution in [2.24, 2.45) is 0 Å². The van der Waals surface area contributed by atoms with Crippen LogP contribution in [0.15, 0.2) is 30.3 Å². The number of hydrogen-bond acceptors (Lipinski definition) is 3. The highest BCUT2D eigenvalue weighted by molar-refractivity contribution is 8.33. The lowest BCUT2D eigenvalue weighted by atomic mass is 10.2. The maximum Gasteiger partial charge on any atom is 0.226 e. The van der Waals surface area contributed by atoms with Crippen molar-refractivity contribution < 1.29 is 4.79 Å². The first-order chi connectivity index (χ1) is 7.63. The molecule has 86 valence electrons. The number of thiocarbonyl (C=S) groups is 1. The number of carbonyl (C=O) groups excluding carboxylic acids is 1. The molecule has 0 amide bonds. The van der Waals surface area contributed by atoms with Gasteiger partial charge in [0.15, 0.2) is 0 Å². The fourth-order valence-corrected chi connectivity index (χ4v) is 2.16. The molecule has 0 bridgehead atoms. The molecule has 0 heterocycles. The van der Waals surface area contributed by atoms with Gasteiger partial charge >= 0.3 is 0 Å². The van der Waals surface area contributed by atoms with Gasteiger partial charge in [-0.05, 0) is 25.1 Å². The van der Waals surface area contributed by atoms with Crippen LogP contribution in [0.25, 0.3) is 0 Å². The van der Waals surface area contributed by atoms with Crippen LogP contribution in [-0.4, -0.2) is 15.5 Å². The second kappa shape index (κ2) is 6.66. The van der Waals surface area contributed by atoms with E-state index in [4.69, 9.17) is 12.2 Å². The van der Waals surface area contributed by atoms with Crippen molar-refractivity contribution in [1.29, 1.82) is 0 Å². The van der Waals surface area contributed by atoms with E-state index < -0.39 is 0 Å². The summed E-state index contributed by atoms with van der Waals surface area (Å²) in [4.78, 5) is 11.8. The van der Waals surface area contributed by atoms with E-state index in [9.17, 15) is 4.79 Å². The average molecular weight is 253 g/mol. The molecule has 0 saturated carbocycles. The molecule has 1 atom stereocenters. The van der Waals surface area contributed by atoms with Gasteiger partial charge in [0, 0.05) is 11.6 Å². The van der Waals surface area contributed by atoms with Crippen LogP contribution < -0.4 is 5.32 Å². The smallest absolute Gasteiger partial charge is 0.226 e. The zero-order valence-corrected chi connectivity index (χ0v) is 11.0. The number of carbonyl (C=O) groups is 1. The zero-order valence-electron chi connectivity index (χ0n) is 9.40. The number of nitrogens with one attached hydrogen (secondary N) is 1. The largest absolute Gasteiger partial charge is 0.368 e. The molecule has 0 aliphatic carbocycles. The third-order valence-electron chi connectivity index (χ3n) is 2.17. The third-order valence-corrected chi connectivity index (χ3v) is 3.26. The Hall–Kier alpha value is -0.870. The summed E-state index contributed by atoms with van der Waals surface area (Å²) in [6.07, 6.45) is 0.986. The van der Waals surface area contributed by atoms with Gasteiger partial charge < -0.3 is 5.32 Å². The molecule has 0 aliphatic heterocycles. The van der Waals surface area contributed by atoms with Crippen molar-refractivity contribution in [2.75, 3.05) is 0 Å². The number of thioether (sulfide) groups is 1. The topological polar surface area (TPSA) is 29.1 Å². The Kier molecular flexibility index (Phi) is 5.49. The lowest BCUT2D eigenvalue weighted by Crippen LogP contribution is -2.29. The summed E-state index contributed by atoms with van der Waals surface area (Å²) < 4.78 is 0.545. The van der Waals surface area contributed by atoms with Crippen molar-refractivity contribution >= 4 is 33.4 Å². The van der Waals surface area contributed by atoms with Gasteiger partial charge in [0.2, 0.25) is 5.12 Å². The molecule has 16 heavy (non-hydrogen) atoms. The standard InChI is InChI=1S/C12H15NOS2/c1-3-9(2)13-12(15)16-11(14)10-7-5-4-6-8-10/h4-9H,3H2,1-2H3,(H,13,15). The van der Waals surface area contributed by atoms with E-state index in [0.717, 1.165) is 18.2 Å². The fraction of sp³-hybridized carbons (Fsp3) is 0.333.